The maximum absolute atomic E-state index is 13.2. The van der Waals surface area contributed by atoms with Gasteiger partial charge in [-0.05, 0) is 68.1 Å². The summed E-state index contributed by atoms with van der Waals surface area (Å²) in [6.45, 7) is 8.65. The molecule has 5 unspecified atom stereocenters. The van der Waals surface area contributed by atoms with Crippen LogP contribution in [0.25, 0.3) is 0 Å². The molecule has 9 heteroatoms. The van der Waals surface area contributed by atoms with E-state index in [2.05, 4.69) is 26.1 Å². The van der Waals surface area contributed by atoms with Crippen LogP contribution in [0.1, 0.15) is 65.4 Å². The molecule has 2 aliphatic carbocycles. The molecule has 0 aromatic heterocycles. The number of amides is 2. The highest BCUT2D eigenvalue weighted by atomic mass is 16.5. The first kappa shape index (κ1) is 26.3. The first-order valence-corrected chi connectivity index (χ1v) is 12.9. The summed E-state index contributed by atoms with van der Waals surface area (Å²) < 4.78 is 6.03. The minimum absolute atomic E-state index is 0.0630. The predicted molar refractivity (Wildman–Crippen MR) is 131 cm³/mol. The summed E-state index contributed by atoms with van der Waals surface area (Å²) in [7, 11) is 0. The standard InChI is InChI=1S/C27H38N2O7/c1-15(28-23(33)21(32)13-16-7-8-19(30)20(31)12-16)24(34)29-11-5-6-18(29)25(35)36-22-14-17-9-10-27(22,4)26(17,2)3/h7-8,12,15,17-18,21-22,30-32H,5-6,9-11,13-14H2,1-4H3,(H,28,33)/t15?,17-,18?,21?,22?,27?/m0/s1. The second-order valence-electron chi connectivity index (χ2n) is 11.5. The molecule has 3 aliphatic rings. The third-order valence-corrected chi connectivity index (χ3v) is 9.28. The Balaban J connectivity index is 1.33. The van der Waals surface area contributed by atoms with E-state index in [9.17, 15) is 29.7 Å². The fourth-order valence-corrected chi connectivity index (χ4v) is 6.43. The number of likely N-dealkylation sites (tertiary alicyclic amines) is 1. The van der Waals surface area contributed by atoms with Crippen LogP contribution < -0.4 is 5.32 Å². The molecule has 198 valence electrons. The Morgan fingerprint density at radius 2 is 1.89 bits per heavy atom. The molecule has 4 rings (SSSR count). The van der Waals surface area contributed by atoms with Gasteiger partial charge < -0.3 is 30.3 Å². The number of carbonyl (C=O) groups is 3. The van der Waals surface area contributed by atoms with Gasteiger partial charge in [0.25, 0.3) is 0 Å². The smallest absolute Gasteiger partial charge is 0.329 e. The minimum atomic E-state index is -1.45. The largest absolute Gasteiger partial charge is 0.504 e. The zero-order valence-corrected chi connectivity index (χ0v) is 21.5. The van der Waals surface area contributed by atoms with Crippen LogP contribution in [0.4, 0.5) is 0 Å². The lowest BCUT2D eigenvalue weighted by Crippen LogP contribution is -2.53. The SMILES string of the molecule is CC(NC(=O)C(O)Cc1ccc(O)c(O)c1)C(=O)N1CCCC1C(=O)OC1C[C@@H]2CCC1(C)C2(C)C. The fraction of sp³-hybridized carbons (Fsp3) is 0.667. The zero-order chi connectivity index (χ0) is 26.4. The van der Waals surface area contributed by atoms with Crippen molar-refractivity contribution in [3.63, 3.8) is 0 Å². The number of carbonyl (C=O) groups excluding carboxylic acids is 3. The van der Waals surface area contributed by atoms with Gasteiger partial charge in [-0.3, -0.25) is 9.59 Å². The Bertz CT molecular complexity index is 1040. The molecular formula is C27H38N2O7. The summed E-state index contributed by atoms with van der Waals surface area (Å²) in [5.41, 5.74) is 0.500. The van der Waals surface area contributed by atoms with Crippen LogP contribution in [0.15, 0.2) is 18.2 Å². The lowest BCUT2D eigenvalue weighted by Gasteiger charge is -2.39. The quantitative estimate of drug-likeness (QED) is 0.332. The predicted octanol–water partition coefficient (Wildman–Crippen LogP) is 2.25. The minimum Gasteiger partial charge on any atom is -0.504 e. The molecule has 2 amide bonds. The maximum atomic E-state index is 13.2. The van der Waals surface area contributed by atoms with Gasteiger partial charge in [0.1, 0.15) is 24.3 Å². The molecule has 1 aliphatic heterocycles. The molecule has 0 spiro atoms. The number of esters is 1. The summed E-state index contributed by atoms with van der Waals surface area (Å²) in [6, 6.07) is 2.41. The number of nitrogens with zero attached hydrogens (tertiary/aromatic N) is 1. The number of fused-ring (bicyclic) bond motifs is 2. The average Bonchev–Trinajstić information content (AvgIpc) is 3.44. The molecule has 9 nitrogen and oxygen atoms in total. The molecule has 1 aromatic carbocycles. The van der Waals surface area contributed by atoms with Crippen molar-refractivity contribution in [1.82, 2.24) is 10.2 Å². The summed E-state index contributed by atoms with van der Waals surface area (Å²) in [4.78, 5) is 40.3. The molecular weight excluding hydrogens is 464 g/mol. The monoisotopic (exact) mass is 502 g/mol. The summed E-state index contributed by atoms with van der Waals surface area (Å²) in [5.74, 6) is -1.61. The fourth-order valence-electron chi connectivity index (χ4n) is 6.43. The number of rotatable bonds is 7. The number of phenolic OH excluding ortho intramolecular Hbond substituents is 2. The second kappa shape index (κ2) is 9.57. The number of benzene rings is 1. The molecule has 3 fully saturated rings. The van der Waals surface area contributed by atoms with Crippen molar-refractivity contribution in [1.29, 1.82) is 0 Å². The lowest BCUT2D eigenvalue weighted by atomic mass is 9.70. The van der Waals surface area contributed by atoms with E-state index in [4.69, 9.17) is 4.74 Å². The van der Waals surface area contributed by atoms with Crippen LogP contribution in [0.5, 0.6) is 11.5 Å². The van der Waals surface area contributed by atoms with Crippen molar-refractivity contribution in [2.45, 2.75) is 90.5 Å². The van der Waals surface area contributed by atoms with Crippen LogP contribution in [0.2, 0.25) is 0 Å². The summed E-state index contributed by atoms with van der Waals surface area (Å²) >= 11 is 0. The van der Waals surface area contributed by atoms with E-state index < -0.39 is 30.0 Å². The number of aliphatic hydroxyl groups excluding tert-OH is 1. The van der Waals surface area contributed by atoms with E-state index in [-0.39, 0.29) is 40.8 Å². The van der Waals surface area contributed by atoms with Gasteiger partial charge in [0.2, 0.25) is 11.8 Å². The number of aromatic hydroxyl groups is 2. The Morgan fingerprint density at radius 3 is 2.50 bits per heavy atom. The number of hydrogen-bond acceptors (Lipinski definition) is 7. The summed E-state index contributed by atoms with van der Waals surface area (Å²) in [5, 5.41) is 31.8. The van der Waals surface area contributed by atoms with Gasteiger partial charge in [-0.15, -0.1) is 0 Å². The van der Waals surface area contributed by atoms with E-state index in [1.807, 2.05) is 0 Å². The number of aliphatic hydroxyl groups is 1. The molecule has 2 bridgehead atoms. The lowest BCUT2D eigenvalue weighted by molar-refractivity contribution is -0.165. The van der Waals surface area contributed by atoms with Crippen LogP contribution in [-0.4, -0.2) is 68.8 Å². The third kappa shape index (κ3) is 4.53. The highest BCUT2D eigenvalue weighted by Crippen LogP contribution is 2.66. The second-order valence-corrected chi connectivity index (χ2v) is 11.5. The van der Waals surface area contributed by atoms with Crippen molar-refractivity contribution in [3.8, 4) is 11.5 Å². The molecule has 2 saturated carbocycles. The molecule has 0 radical (unpaired) electrons. The van der Waals surface area contributed by atoms with Crippen molar-refractivity contribution in [2.75, 3.05) is 6.54 Å². The van der Waals surface area contributed by atoms with E-state index in [1.54, 1.807) is 0 Å². The van der Waals surface area contributed by atoms with Crippen molar-refractivity contribution >= 4 is 17.8 Å². The van der Waals surface area contributed by atoms with Crippen LogP contribution in [0, 0.1) is 16.7 Å². The molecule has 4 N–H and O–H groups in total. The Labute approximate surface area is 211 Å². The first-order chi connectivity index (χ1) is 16.8. The van der Waals surface area contributed by atoms with E-state index >= 15 is 0 Å². The highest BCUT2D eigenvalue weighted by molar-refractivity contribution is 5.92. The first-order valence-electron chi connectivity index (χ1n) is 12.9. The number of nitrogens with one attached hydrogen (secondary N) is 1. The van der Waals surface area contributed by atoms with Gasteiger partial charge in [-0.25, -0.2) is 4.79 Å². The Kier molecular flexibility index (Phi) is 6.98. The molecule has 1 aromatic rings. The topological polar surface area (TPSA) is 136 Å². The molecule has 36 heavy (non-hydrogen) atoms. The third-order valence-electron chi connectivity index (χ3n) is 9.28. The molecule has 1 saturated heterocycles. The van der Waals surface area contributed by atoms with Crippen LogP contribution in [-0.2, 0) is 25.5 Å². The van der Waals surface area contributed by atoms with E-state index in [0.29, 0.717) is 30.9 Å². The maximum Gasteiger partial charge on any atom is 0.329 e. The van der Waals surface area contributed by atoms with Gasteiger partial charge in [0.05, 0.1) is 0 Å². The zero-order valence-electron chi connectivity index (χ0n) is 21.5. The number of hydrogen-bond donors (Lipinski definition) is 4. The highest BCUT2D eigenvalue weighted by Gasteiger charge is 2.63. The number of phenols is 2. The Morgan fingerprint density at radius 1 is 1.17 bits per heavy atom. The van der Waals surface area contributed by atoms with Gasteiger partial charge in [-0.2, -0.15) is 0 Å². The number of ether oxygens (including phenoxy) is 1. The van der Waals surface area contributed by atoms with Crippen molar-refractivity contribution < 1.29 is 34.4 Å². The van der Waals surface area contributed by atoms with Gasteiger partial charge in [-0.1, -0.05) is 26.8 Å². The average molecular weight is 503 g/mol. The van der Waals surface area contributed by atoms with Crippen molar-refractivity contribution in [2.24, 2.45) is 16.7 Å². The van der Waals surface area contributed by atoms with Gasteiger partial charge in [0, 0.05) is 18.4 Å². The van der Waals surface area contributed by atoms with Crippen LogP contribution in [0.3, 0.4) is 0 Å². The normalized spacial score (nSPS) is 30.1. The van der Waals surface area contributed by atoms with Gasteiger partial charge >= 0.3 is 5.97 Å². The Hall–Kier alpha value is -2.81. The summed E-state index contributed by atoms with van der Waals surface area (Å²) in [6.07, 6.45) is 2.54. The van der Waals surface area contributed by atoms with Crippen LogP contribution >= 0.6 is 0 Å². The van der Waals surface area contributed by atoms with Gasteiger partial charge in [0.15, 0.2) is 11.5 Å². The van der Waals surface area contributed by atoms with E-state index in [1.165, 1.54) is 30.0 Å². The molecule has 1 heterocycles. The van der Waals surface area contributed by atoms with E-state index in [0.717, 1.165) is 19.3 Å². The van der Waals surface area contributed by atoms with Crippen molar-refractivity contribution in [3.05, 3.63) is 23.8 Å². The molecule has 6 atom stereocenters.